The van der Waals surface area contributed by atoms with E-state index in [1.165, 1.54) is 49.7 Å². The SMILES string of the molecule is C=Cc1cncc(C2=CC[C@H]3[C@@H]4CCN5C(=O)CCCC[C@]5(C)[C@H]4CC[C@]23C)c1. The van der Waals surface area contributed by atoms with E-state index >= 15 is 0 Å². The van der Waals surface area contributed by atoms with Crippen LogP contribution >= 0.6 is 0 Å². The maximum absolute atomic E-state index is 12.8. The minimum absolute atomic E-state index is 0.0743. The van der Waals surface area contributed by atoms with Gasteiger partial charge in [0.25, 0.3) is 0 Å². The van der Waals surface area contributed by atoms with E-state index in [1.54, 1.807) is 0 Å². The maximum atomic E-state index is 12.8. The molecular formula is C26H34N2O. The van der Waals surface area contributed by atoms with Crippen LogP contribution in [-0.4, -0.2) is 27.9 Å². The van der Waals surface area contributed by atoms with E-state index in [0.717, 1.165) is 30.9 Å². The summed E-state index contributed by atoms with van der Waals surface area (Å²) in [5.41, 5.74) is 4.18. The topological polar surface area (TPSA) is 33.2 Å². The van der Waals surface area contributed by atoms with Gasteiger partial charge in [-0.3, -0.25) is 9.78 Å². The van der Waals surface area contributed by atoms with Crippen LogP contribution in [0.15, 0.2) is 31.1 Å². The van der Waals surface area contributed by atoms with Crippen molar-refractivity contribution in [1.29, 1.82) is 0 Å². The van der Waals surface area contributed by atoms with Crippen molar-refractivity contribution in [1.82, 2.24) is 9.88 Å². The smallest absolute Gasteiger partial charge is 0.223 e. The summed E-state index contributed by atoms with van der Waals surface area (Å²) in [6.45, 7) is 9.80. The van der Waals surface area contributed by atoms with Gasteiger partial charge in [-0.05, 0) is 91.4 Å². The van der Waals surface area contributed by atoms with E-state index in [-0.39, 0.29) is 11.0 Å². The average molecular weight is 391 g/mol. The first-order chi connectivity index (χ1) is 14.0. The fourth-order valence-electron chi connectivity index (χ4n) is 7.55. The molecule has 29 heavy (non-hydrogen) atoms. The molecule has 0 bridgehead atoms. The van der Waals surface area contributed by atoms with Crippen LogP contribution in [0.25, 0.3) is 11.6 Å². The molecule has 2 aliphatic heterocycles. The largest absolute Gasteiger partial charge is 0.337 e. The lowest BCUT2D eigenvalue weighted by Crippen LogP contribution is -2.62. The summed E-state index contributed by atoms with van der Waals surface area (Å²) in [5, 5.41) is 0. The fraction of sp³-hybridized carbons (Fsp3) is 0.615. The van der Waals surface area contributed by atoms with Crippen molar-refractivity contribution in [3.8, 4) is 0 Å². The lowest BCUT2D eigenvalue weighted by Gasteiger charge is -2.59. The minimum atomic E-state index is 0.0743. The molecule has 3 nitrogen and oxygen atoms in total. The summed E-state index contributed by atoms with van der Waals surface area (Å²) >= 11 is 0. The Kier molecular flexibility index (Phi) is 4.49. The Balaban J connectivity index is 1.46. The van der Waals surface area contributed by atoms with E-state index in [4.69, 9.17) is 0 Å². The highest BCUT2D eigenvalue weighted by Crippen LogP contribution is 2.63. The van der Waals surface area contributed by atoms with Crippen molar-refractivity contribution in [2.45, 2.75) is 70.8 Å². The monoisotopic (exact) mass is 390 g/mol. The zero-order valence-corrected chi connectivity index (χ0v) is 18.0. The molecule has 3 fully saturated rings. The van der Waals surface area contributed by atoms with Crippen molar-refractivity contribution in [3.05, 3.63) is 42.2 Å². The third-order valence-corrected chi connectivity index (χ3v) is 9.05. The van der Waals surface area contributed by atoms with Crippen LogP contribution in [0.2, 0.25) is 0 Å². The van der Waals surface area contributed by atoms with Gasteiger partial charge in [0, 0.05) is 30.9 Å². The fourth-order valence-corrected chi connectivity index (χ4v) is 7.55. The Labute approximate surface area is 175 Å². The number of nitrogens with zero attached hydrogens (tertiary/aromatic N) is 2. The second-order valence-electron chi connectivity index (χ2n) is 10.3. The van der Waals surface area contributed by atoms with E-state index < -0.39 is 0 Å². The van der Waals surface area contributed by atoms with Gasteiger partial charge in [-0.1, -0.05) is 32.1 Å². The van der Waals surface area contributed by atoms with Gasteiger partial charge in [-0.15, -0.1) is 0 Å². The van der Waals surface area contributed by atoms with Crippen LogP contribution in [0.3, 0.4) is 0 Å². The van der Waals surface area contributed by atoms with Crippen LogP contribution in [0.1, 0.15) is 76.3 Å². The highest BCUT2D eigenvalue weighted by atomic mass is 16.2. The minimum Gasteiger partial charge on any atom is -0.337 e. The Hall–Kier alpha value is -1.90. The summed E-state index contributed by atoms with van der Waals surface area (Å²) in [7, 11) is 0. The number of hydrogen-bond donors (Lipinski definition) is 0. The second kappa shape index (κ2) is 6.82. The number of allylic oxidation sites excluding steroid dienone is 2. The molecule has 5 atom stereocenters. The van der Waals surface area contributed by atoms with Crippen molar-refractivity contribution in [2.75, 3.05) is 6.54 Å². The molecule has 0 radical (unpaired) electrons. The summed E-state index contributed by atoms with van der Waals surface area (Å²) in [6, 6.07) is 2.25. The molecule has 0 aromatic carbocycles. The highest BCUT2D eigenvalue weighted by Gasteiger charge is 2.58. The zero-order valence-electron chi connectivity index (χ0n) is 18.0. The molecule has 154 valence electrons. The second-order valence-corrected chi connectivity index (χ2v) is 10.3. The third kappa shape index (κ3) is 2.76. The number of carbonyl (C=O) groups excluding carboxylic acids is 1. The molecule has 2 saturated heterocycles. The van der Waals surface area contributed by atoms with E-state index in [9.17, 15) is 4.79 Å². The molecule has 1 amide bonds. The predicted octanol–water partition coefficient (Wildman–Crippen LogP) is 5.73. The number of aromatic nitrogens is 1. The van der Waals surface area contributed by atoms with Crippen LogP contribution in [0.5, 0.6) is 0 Å². The Morgan fingerprint density at radius 1 is 1.17 bits per heavy atom. The van der Waals surface area contributed by atoms with Gasteiger partial charge >= 0.3 is 0 Å². The first-order valence-corrected chi connectivity index (χ1v) is 11.6. The molecule has 1 aromatic heterocycles. The standard InChI is InChI=1S/C26H34N2O/c1-4-18-15-19(17-27-16-18)21-8-9-22-20-11-14-28-24(29)7-5-6-12-26(28,3)23(20)10-13-25(21,22)2/h4,8,15-17,20,22-23H,1,5-7,9-14H2,2-3H3/t20-,22-,23-,25+,26+/m0/s1. The van der Waals surface area contributed by atoms with Crippen molar-refractivity contribution >= 4 is 17.6 Å². The van der Waals surface area contributed by atoms with Crippen molar-refractivity contribution < 1.29 is 4.79 Å². The van der Waals surface area contributed by atoms with Gasteiger partial charge in [0.15, 0.2) is 0 Å². The van der Waals surface area contributed by atoms with E-state index in [2.05, 4.69) is 42.5 Å². The van der Waals surface area contributed by atoms with Gasteiger partial charge in [-0.2, -0.15) is 0 Å². The van der Waals surface area contributed by atoms with Crippen LogP contribution < -0.4 is 0 Å². The molecule has 3 heteroatoms. The molecule has 4 aliphatic rings. The van der Waals surface area contributed by atoms with E-state index in [0.29, 0.717) is 17.7 Å². The number of hydrogen-bond acceptors (Lipinski definition) is 2. The normalized spacial score (nSPS) is 39.1. The zero-order chi connectivity index (χ0) is 20.2. The lowest BCUT2D eigenvalue weighted by molar-refractivity contribution is -0.150. The summed E-state index contributed by atoms with van der Waals surface area (Å²) in [5.74, 6) is 2.49. The van der Waals surface area contributed by atoms with Gasteiger partial charge in [0.2, 0.25) is 5.91 Å². The number of amides is 1. The quantitative estimate of drug-likeness (QED) is 0.646. The van der Waals surface area contributed by atoms with Gasteiger partial charge < -0.3 is 4.90 Å². The van der Waals surface area contributed by atoms with Crippen LogP contribution in [0, 0.1) is 23.2 Å². The maximum Gasteiger partial charge on any atom is 0.223 e. The first kappa shape index (κ1) is 19.1. The number of piperidine rings is 1. The number of fused-ring (bicyclic) bond motifs is 5. The van der Waals surface area contributed by atoms with Crippen molar-refractivity contribution in [3.63, 3.8) is 0 Å². The summed E-state index contributed by atoms with van der Waals surface area (Å²) in [4.78, 5) is 19.6. The summed E-state index contributed by atoms with van der Waals surface area (Å²) in [6.07, 6.45) is 17.4. The molecule has 0 spiro atoms. The van der Waals surface area contributed by atoms with Crippen LogP contribution in [-0.2, 0) is 4.79 Å². The van der Waals surface area contributed by atoms with Crippen LogP contribution in [0.4, 0.5) is 0 Å². The summed E-state index contributed by atoms with van der Waals surface area (Å²) < 4.78 is 0. The molecule has 1 aromatic rings. The number of pyridine rings is 1. The average Bonchev–Trinajstić information content (AvgIpc) is 3.00. The highest BCUT2D eigenvalue weighted by molar-refractivity contribution is 5.78. The van der Waals surface area contributed by atoms with Crippen molar-refractivity contribution in [2.24, 2.45) is 23.2 Å². The molecular weight excluding hydrogens is 356 g/mol. The molecule has 3 heterocycles. The molecule has 2 aliphatic carbocycles. The van der Waals surface area contributed by atoms with Gasteiger partial charge in [-0.25, -0.2) is 0 Å². The predicted molar refractivity (Wildman–Crippen MR) is 118 cm³/mol. The third-order valence-electron chi connectivity index (χ3n) is 9.05. The Morgan fingerprint density at radius 3 is 2.86 bits per heavy atom. The molecule has 5 rings (SSSR count). The first-order valence-electron chi connectivity index (χ1n) is 11.6. The Morgan fingerprint density at radius 2 is 2.03 bits per heavy atom. The molecule has 0 N–H and O–H groups in total. The Bertz CT molecular complexity index is 873. The van der Waals surface area contributed by atoms with E-state index in [1.807, 2.05) is 18.5 Å². The molecule has 0 unspecified atom stereocenters. The lowest BCUT2D eigenvalue weighted by atomic mass is 9.52. The number of rotatable bonds is 2. The number of carbonyl (C=O) groups is 1. The van der Waals surface area contributed by atoms with Gasteiger partial charge in [0.05, 0.1) is 0 Å². The van der Waals surface area contributed by atoms with Gasteiger partial charge in [0.1, 0.15) is 0 Å². The molecule has 1 saturated carbocycles.